The van der Waals surface area contributed by atoms with Crippen molar-refractivity contribution < 1.29 is 9.53 Å². The third-order valence-corrected chi connectivity index (χ3v) is 3.20. The van der Waals surface area contributed by atoms with E-state index < -0.39 is 0 Å². The molecule has 5 heteroatoms. The standard InChI is InChI=1S/C11H18N2O2S/c1-3-15-6-4-5-13-11(14)10-7-9(12)8(2)16-10/h7H,3-6,12H2,1-2H3,(H,13,14). The van der Waals surface area contributed by atoms with Crippen molar-refractivity contribution >= 4 is 22.9 Å². The number of rotatable bonds is 6. The van der Waals surface area contributed by atoms with Crippen LogP contribution >= 0.6 is 11.3 Å². The molecule has 3 N–H and O–H groups in total. The van der Waals surface area contributed by atoms with Crippen LogP contribution in [0, 0.1) is 6.92 Å². The molecule has 0 saturated heterocycles. The summed E-state index contributed by atoms with van der Waals surface area (Å²) >= 11 is 1.42. The van der Waals surface area contributed by atoms with Crippen LogP contribution in [0.25, 0.3) is 0 Å². The first-order valence-corrected chi connectivity index (χ1v) is 6.18. The summed E-state index contributed by atoms with van der Waals surface area (Å²) in [5, 5.41) is 2.83. The molecular weight excluding hydrogens is 224 g/mol. The molecule has 0 bridgehead atoms. The molecule has 1 amide bonds. The topological polar surface area (TPSA) is 64.3 Å². The van der Waals surface area contributed by atoms with E-state index in [9.17, 15) is 4.79 Å². The van der Waals surface area contributed by atoms with E-state index >= 15 is 0 Å². The second-order valence-corrected chi connectivity index (χ2v) is 4.68. The van der Waals surface area contributed by atoms with Gasteiger partial charge in [0.1, 0.15) is 0 Å². The van der Waals surface area contributed by atoms with Gasteiger partial charge in [-0.15, -0.1) is 11.3 Å². The van der Waals surface area contributed by atoms with E-state index in [4.69, 9.17) is 10.5 Å². The number of ether oxygens (including phenoxy) is 1. The SMILES string of the molecule is CCOCCCNC(=O)c1cc(N)c(C)s1. The van der Waals surface area contributed by atoms with Gasteiger partial charge in [0.05, 0.1) is 4.88 Å². The molecule has 90 valence electrons. The number of thiophene rings is 1. The number of carbonyl (C=O) groups excluding carboxylic acids is 1. The minimum absolute atomic E-state index is 0.0544. The molecule has 1 rings (SSSR count). The summed E-state index contributed by atoms with van der Waals surface area (Å²) in [5.41, 5.74) is 6.37. The van der Waals surface area contributed by atoms with Gasteiger partial charge in [0.2, 0.25) is 0 Å². The maximum absolute atomic E-state index is 11.6. The maximum Gasteiger partial charge on any atom is 0.261 e. The Labute approximate surface area is 99.8 Å². The van der Waals surface area contributed by atoms with Crippen molar-refractivity contribution in [2.75, 3.05) is 25.5 Å². The van der Waals surface area contributed by atoms with Gasteiger partial charge >= 0.3 is 0 Å². The largest absolute Gasteiger partial charge is 0.398 e. The van der Waals surface area contributed by atoms with Gasteiger partial charge < -0.3 is 15.8 Å². The van der Waals surface area contributed by atoms with Gasteiger partial charge in [0.15, 0.2) is 0 Å². The highest BCUT2D eigenvalue weighted by atomic mass is 32.1. The lowest BCUT2D eigenvalue weighted by atomic mass is 10.3. The van der Waals surface area contributed by atoms with Crippen molar-refractivity contribution in [3.63, 3.8) is 0 Å². The average molecular weight is 242 g/mol. The van der Waals surface area contributed by atoms with Crippen molar-refractivity contribution in [2.45, 2.75) is 20.3 Å². The van der Waals surface area contributed by atoms with Crippen LogP contribution in [0.2, 0.25) is 0 Å². The molecule has 0 fully saturated rings. The van der Waals surface area contributed by atoms with Crippen LogP contribution in [0.1, 0.15) is 27.9 Å². The smallest absolute Gasteiger partial charge is 0.261 e. The van der Waals surface area contributed by atoms with Crippen molar-refractivity contribution in [3.05, 3.63) is 15.8 Å². The molecule has 0 spiro atoms. The minimum Gasteiger partial charge on any atom is -0.398 e. The van der Waals surface area contributed by atoms with E-state index in [2.05, 4.69) is 5.32 Å². The lowest BCUT2D eigenvalue weighted by molar-refractivity contribution is 0.0948. The number of anilines is 1. The third-order valence-electron chi connectivity index (χ3n) is 2.14. The van der Waals surface area contributed by atoms with Crippen molar-refractivity contribution in [2.24, 2.45) is 0 Å². The Morgan fingerprint density at radius 1 is 1.62 bits per heavy atom. The number of amides is 1. The van der Waals surface area contributed by atoms with E-state index in [1.54, 1.807) is 6.07 Å². The Morgan fingerprint density at radius 2 is 2.38 bits per heavy atom. The van der Waals surface area contributed by atoms with E-state index in [0.29, 0.717) is 30.3 Å². The van der Waals surface area contributed by atoms with Gasteiger partial charge in [-0.1, -0.05) is 0 Å². The molecular formula is C11H18N2O2S. The molecule has 16 heavy (non-hydrogen) atoms. The second kappa shape index (κ2) is 6.50. The van der Waals surface area contributed by atoms with Crippen molar-refractivity contribution in [1.82, 2.24) is 5.32 Å². The van der Waals surface area contributed by atoms with Crippen LogP contribution in [-0.4, -0.2) is 25.7 Å². The number of nitrogen functional groups attached to an aromatic ring is 1. The third kappa shape index (κ3) is 3.83. The van der Waals surface area contributed by atoms with Gasteiger partial charge in [0.25, 0.3) is 5.91 Å². The van der Waals surface area contributed by atoms with Crippen LogP contribution in [0.15, 0.2) is 6.07 Å². The highest BCUT2D eigenvalue weighted by Gasteiger charge is 2.09. The molecule has 0 aliphatic rings. The monoisotopic (exact) mass is 242 g/mol. The fourth-order valence-electron chi connectivity index (χ4n) is 1.22. The predicted molar refractivity (Wildman–Crippen MR) is 66.9 cm³/mol. The summed E-state index contributed by atoms with van der Waals surface area (Å²) in [4.78, 5) is 13.3. The van der Waals surface area contributed by atoms with E-state index in [1.165, 1.54) is 11.3 Å². The lowest BCUT2D eigenvalue weighted by Crippen LogP contribution is -2.24. The molecule has 0 radical (unpaired) electrons. The number of carbonyl (C=O) groups is 1. The summed E-state index contributed by atoms with van der Waals surface area (Å²) in [6.07, 6.45) is 0.833. The van der Waals surface area contributed by atoms with Gasteiger partial charge in [-0.05, 0) is 26.3 Å². The van der Waals surface area contributed by atoms with Gasteiger partial charge in [-0.3, -0.25) is 4.79 Å². The fourth-order valence-corrected chi connectivity index (χ4v) is 2.07. The molecule has 1 aromatic heterocycles. The molecule has 0 aromatic carbocycles. The number of nitrogens with one attached hydrogen (secondary N) is 1. The molecule has 0 aliphatic carbocycles. The van der Waals surface area contributed by atoms with Crippen molar-refractivity contribution in [1.29, 1.82) is 0 Å². The zero-order valence-corrected chi connectivity index (χ0v) is 10.5. The van der Waals surface area contributed by atoms with Gasteiger partial charge in [-0.25, -0.2) is 0 Å². The van der Waals surface area contributed by atoms with E-state index in [-0.39, 0.29) is 5.91 Å². The Hall–Kier alpha value is -1.07. The van der Waals surface area contributed by atoms with Crippen LogP contribution in [-0.2, 0) is 4.74 Å². The predicted octanol–water partition coefficient (Wildman–Crippen LogP) is 1.80. The molecule has 0 saturated carbocycles. The molecule has 1 heterocycles. The number of nitrogens with two attached hydrogens (primary N) is 1. The number of hydrogen-bond acceptors (Lipinski definition) is 4. The van der Waals surface area contributed by atoms with Crippen LogP contribution < -0.4 is 11.1 Å². The zero-order chi connectivity index (χ0) is 12.0. The Bertz CT molecular complexity index is 330. The highest BCUT2D eigenvalue weighted by molar-refractivity contribution is 7.14. The van der Waals surface area contributed by atoms with Crippen molar-refractivity contribution in [3.8, 4) is 0 Å². The Balaban J connectivity index is 2.30. The lowest BCUT2D eigenvalue weighted by Gasteiger charge is -2.03. The first kappa shape index (κ1) is 13.0. The molecule has 0 unspecified atom stereocenters. The van der Waals surface area contributed by atoms with Crippen LogP contribution in [0.3, 0.4) is 0 Å². The molecule has 0 atom stereocenters. The quantitative estimate of drug-likeness (QED) is 0.748. The zero-order valence-electron chi connectivity index (χ0n) is 9.71. The molecule has 0 aliphatic heterocycles. The molecule has 4 nitrogen and oxygen atoms in total. The number of hydrogen-bond donors (Lipinski definition) is 2. The fraction of sp³-hybridized carbons (Fsp3) is 0.545. The summed E-state index contributed by atoms with van der Waals surface area (Å²) < 4.78 is 5.18. The minimum atomic E-state index is -0.0544. The van der Waals surface area contributed by atoms with E-state index in [1.807, 2.05) is 13.8 Å². The second-order valence-electron chi connectivity index (χ2n) is 3.43. The average Bonchev–Trinajstić information content (AvgIpc) is 2.59. The van der Waals surface area contributed by atoms with Crippen LogP contribution in [0.5, 0.6) is 0 Å². The number of aryl methyl sites for hydroxylation is 1. The summed E-state index contributed by atoms with van der Waals surface area (Å²) in [6, 6.07) is 1.72. The van der Waals surface area contributed by atoms with Gasteiger partial charge in [-0.2, -0.15) is 0 Å². The first-order chi connectivity index (χ1) is 7.65. The van der Waals surface area contributed by atoms with E-state index in [0.717, 1.165) is 11.3 Å². The van der Waals surface area contributed by atoms with Gasteiger partial charge in [0, 0.05) is 30.3 Å². The molecule has 1 aromatic rings. The Kier molecular flexibility index (Phi) is 5.28. The van der Waals surface area contributed by atoms with Crippen LogP contribution in [0.4, 0.5) is 5.69 Å². The highest BCUT2D eigenvalue weighted by Crippen LogP contribution is 2.22. The summed E-state index contributed by atoms with van der Waals surface area (Å²) in [5.74, 6) is -0.0544. The maximum atomic E-state index is 11.6. The Morgan fingerprint density at radius 3 is 2.94 bits per heavy atom. The first-order valence-electron chi connectivity index (χ1n) is 5.37. The normalized spacial score (nSPS) is 10.4. The summed E-state index contributed by atoms with van der Waals surface area (Å²) in [7, 11) is 0. The summed E-state index contributed by atoms with van der Waals surface area (Å²) in [6.45, 7) is 5.90.